The summed E-state index contributed by atoms with van der Waals surface area (Å²) in [6.07, 6.45) is 5.60. The molecule has 0 saturated heterocycles. The maximum absolute atomic E-state index is 11.5. The van der Waals surface area contributed by atoms with Gasteiger partial charge in [-0.2, -0.15) is 0 Å². The van der Waals surface area contributed by atoms with Crippen molar-refractivity contribution in [2.45, 2.75) is 5.60 Å². The minimum atomic E-state index is -1.69. The van der Waals surface area contributed by atoms with Gasteiger partial charge in [0.15, 0.2) is 0 Å². The fraction of sp³-hybridized carbons (Fsp3) is 0.0588. The second kappa shape index (κ2) is 5.93. The van der Waals surface area contributed by atoms with E-state index in [9.17, 15) is 9.59 Å². The summed E-state index contributed by atoms with van der Waals surface area (Å²) in [7, 11) is 0. The molecule has 4 heteroatoms. The summed E-state index contributed by atoms with van der Waals surface area (Å²) in [5.41, 5.74) is -0.556. The van der Waals surface area contributed by atoms with Gasteiger partial charge in [-0.1, -0.05) is 60.7 Å². The molecule has 0 aliphatic carbocycles. The molecule has 0 spiro atoms. The lowest BCUT2D eigenvalue weighted by Crippen LogP contribution is -2.35. The summed E-state index contributed by atoms with van der Waals surface area (Å²) in [5, 5.41) is 8.79. The van der Waals surface area contributed by atoms with Crippen molar-refractivity contribution >= 4 is 11.9 Å². The number of esters is 1. The van der Waals surface area contributed by atoms with Gasteiger partial charge in [0.05, 0.1) is 0 Å². The Morgan fingerprint density at radius 3 is 1.71 bits per heavy atom. The summed E-state index contributed by atoms with van der Waals surface area (Å²) >= 11 is 0. The van der Waals surface area contributed by atoms with Crippen LogP contribution in [0.4, 0.5) is 0 Å². The van der Waals surface area contributed by atoms with Crippen molar-refractivity contribution in [3.63, 3.8) is 0 Å². The molecule has 2 rings (SSSR count). The highest BCUT2D eigenvalue weighted by Crippen LogP contribution is 2.33. The van der Waals surface area contributed by atoms with Crippen LogP contribution in [0.1, 0.15) is 11.1 Å². The van der Waals surface area contributed by atoms with Crippen LogP contribution in [0.3, 0.4) is 0 Å². The lowest BCUT2D eigenvalue weighted by Gasteiger charge is -2.28. The first-order valence-corrected chi connectivity index (χ1v) is 6.15. The highest BCUT2D eigenvalue weighted by Gasteiger charge is 2.38. The standard InChI is InChI=1S/C17H12O4/c1-2-17(21-16(20)15(18)19,13-9-5-3-6-10-13)14-11-7-4-8-12-14/h1,3-12H,(H,18,19). The number of carbonyl (C=O) groups excluding carboxylic acids is 1. The first-order chi connectivity index (χ1) is 10.1. The Kier molecular flexibility index (Phi) is 4.05. The zero-order chi connectivity index (χ0) is 15.3. The number of hydrogen-bond donors (Lipinski definition) is 1. The van der Waals surface area contributed by atoms with Gasteiger partial charge in [-0.3, -0.25) is 0 Å². The number of hydrogen-bond acceptors (Lipinski definition) is 3. The summed E-state index contributed by atoms with van der Waals surface area (Å²) in [6, 6.07) is 17.2. The van der Waals surface area contributed by atoms with Gasteiger partial charge >= 0.3 is 11.9 Å². The largest absolute Gasteiger partial charge is 0.473 e. The fourth-order valence-corrected chi connectivity index (χ4v) is 2.01. The van der Waals surface area contributed by atoms with Crippen molar-refractivity contribution in [3.05, 3.63) is 71.8 Å². The predicted molar refractivity (Wildman–Crippen MR) is 76.2 cm³/mol. The molecule has 2 aromatic rings. The van der Waals surface area contributed by atoms with E-state index in [2.05, 4.69) is 5.92 Å². The van der Waals surface area contributed by atoms with E-state index in [1.54, 1.807) is 60.7 Å². The molecule has 0 heterocycles. The minimum absolute atomic E-state index is 0.508. The molecular formula is C17H12O4. The van der Waals surface area contributed by atoms with E-state index in [-0.39, 0.29) is 0 Å². The second-order valence-electron chi connectivity index (χ2n) is 4.25. The first kappa shape index (κ1) is 14.4. The monoisotopic (exact) mass is 280 g/mol. The van der Waals surface area contributed by atoms with Gasteiger partial charge in [-0.15, -0.1) is 6.42 Å². The summed E-state index contributed by atoms with van der Waals surface area (Å²) in [5.74, 6) is -0.668. The Morgan fingerprint density at radius 1 is 0.952 bits per heavy atom. The van der Waals surface area contributed by atoms with E-state index >= 15 is 0 Å². The number of carbonyl (C=O) groups is 2. The van der Waals surface area contributed by atoms with Gasteiger partial charge in [0.25, 0.3) is 0 Å². The van der Waals surface area contributed by atoms with Crippen LogP contribution in [0.5, 0.6) is 0 Å². The Morgan fingerprint density at radius 2 is 1.38 bits per heavy atom. The van der Waals surface area contributed by atoms with Gasteiger partial charge in [-0.05, 0) is 5.92 Å². The van der Waals surface area contributed by atoms with Gasteiger partial charge in [0, 0.05) is 11.1 Å². The molecule has 0 fully saturated rings. The van der Waals surface area contributed by atoms with Crippen molar-refractivity contribution in [1.29, 1.82) is 0 Å². The number of ether oxygens (including phenoxy) is 1. The number of carboxylic acids is 1. The Hall–Kier alpha value is -3.06. The molecule has 21 heavy (non-hydrogen) atoms. The van der Waals surface area contributed by atoms with E-state index in [4.69, 9.17) is 16.3 Å². The van der Waals surface area contributed by atoms with Crippen molar-refractivity contribution in [2.24, 2.45) is 0 Å². The van der Waals surface area contributed by atoms with Crippen LogP contribution < -0.4 is 0 Å². The normalized spacial score (nSPS) is 10.4. The molecule has 0 atom stereocenters. The Bertz CT molecular complexity index is 644. The maximum atomic E-state index is 11.5. The van der Waals surface area contributed by atoms with E-state index in [1.165, 1.54) is 0 Å². The quantitative estimate of drug-likeness (QED) is 0.532. The third-order valence-corrected chi connectivity index (χ3v) is 2.98. The van der Waals surface area contributed by atoms with Crippen LogP contribution >= 0.6 is 0 Å². The fourth-order valence-electron chi connectivity index (χ4n) is 2.01. The number of aliphatic carboxylic acids is 1. The molecule has 1 N–H and O–H groups in total. The molecule has 0 radical (unpaired) electrons. The van der Waals surface area contributed by atoms with Crippen LogP contribution in [-0.2, 0) is 19.9 Å². The molecule has 2 aromatic carbocycles. The highest BCUT2D eigenvalue weighted by atomic mass is 16.6. The number of terminal acetylenes is 1. The summed E-state index contributed by atoms with van der Waals surface area (Å²) in [6.45, 7) is 0. The molecule has 104 valence electrons. The molecule has 0 amide bonds. The Labute approximate surface area is 122 Å². The van der Waals surface area contributed by atoms with Gasteiger partial charge in [0.2, 0.25) is 5.60 Å². The van der Waals surface area contributed by atoms with E-state index in [1.807, 2.05) is 0 Å². The first-order valence-electron chi connectivity index (χ1n) is 6.15. The zero-order valence-electron chi connectivity index (χ0n) is 11.0. The van der Waals surface area contributed by atoms with Crippen molar-refractivity contribution in [2.75, 3.05) is 0 Å². The van der Waals surface area contributed by atoms with E-state index in [0.717, 1.165) is 0 Å². The van der Waals surface area contributed by atoms with Gasteiger partial charge in [-0.25, -0.2) is 9.59 Å². The van der Waals surface area contributed by atoms with E-state index < -0.39 is 17.5 Å². The van der Waals surface area contributed by atoms with Crippen molar-refractivity contribution in [1.82, 2.24) is 0 Å². The topological polar surface area (TPSA) is 63.6 Å². The van der Waals surface area contributed by atoms with Crippen molar-refractivity contribution < 1.29 is 19.4 Å². The van der Waals surface area contributed by atoms with Crippen LogP contribution in [0.2, 0.25) is 0 Å². The van der Waals surface area contributed by atoms with E-state index in [0.29, 0.717) is 11.1 Å². The molecular weight excluding hydrogens is 268 g/mol. The molecule has 4 nitrogen and oxygen atoms in total. The summed E-state index contributed by atoms with van der Waals surface area (Å²) in [4.78, 5) is 22.4. The minimum Gasteiger partial charge on any atom is -0.473 e. The van der Waals surface area contributed by atoms with Crippen LogP contribution in [0.25, 0.3) is 0 Å². The smallest absolute Gasteiger partial charge is 0.419 e. The molecule has 0 unspecified atom stereocenters. The predicted octanol–water partition coefficient (Wildman–Crippen LogP) is 2.19. The molecule has 0 aromatic heterocycles. The van der Waals surface area contributed by atoms with Crippen LogP contribution in [0, 0.1) is 12.3 Å². The highest BCUT2D eigenvalue weighted by molar-refractivity contribution is 6.28. The van der Waals surface area contributed by atoms with Gasteiger partial charge in [0.1, 0.15) is 0 Å². The Balaban J connectivity index is 2.61. The molecule has 0 aliphatic rings. The van der Waals surface area contributed by atoms with Gasteiger partial charge < -0.3 is 9.84 Å². The lowest BCUT2D eigenvalue weighted by molar-refractivity contribution is -0.169. The number of benzene rings is 2. The maximum Gasteiger partial charge on any atom is 0.419 e. The SMILES string of the molecule is C#CC(OC(=O)C(=O)O)(c1ccccc1)c1ccccc1. The van der Waals surface area contributed by atoms with Crippen molar-refractivity contribution in [3.8, 4) is 12.3 Å². The molecule has 0 bridgehead atoms. The average molecular weight is 280 g/mol. The molecule has 0 aliphatic heterocycles. The second-order valence-corrected chi connectivity index (χ2v) is 4.25. The summed E-state index contributed by atoms with van der Waals surface area (Å²) < 4.78 is 5.15. The number of rotatable bonds is 3. The zero-order valence-corrected chi connectivity index (χ0v) is 11.0. The number of carboxylic acid groups (broad SMARTS) is 1. The third kappa shape index (κ3) is 2.77. The average Bonchev–Trinajstić information content (AvgIpc) is 2.54. The third-order valence-electron chi connectivity index (χ3n) is 2.98. The molecule has 0 saturated carbocycles. The lowest BCUT2D eigenvalue weighted by atomic mass is 9.87. The van der Waals surface area contributed by atoms with Crippen LogP contribution in [0.15, 0.2) is 60.7 Å². The van der Waals surface area contributed by atoms with Crippen LogP contribution in [-0.4, -0.2) is 17.0 Å².